The van der Waals surface area contributed by atoms with Crippen LogP contribution in [0.1, 0.15) is 12.5 Å². The van der Waals surface area contributed by atoms with Gasteiger partial charge in [-0.2, -0.15) is 0 Å². The van der Waals surface area contributed by atoms with Gasteiger partial charge in [0, 0.05) is 0 Å². The predicted molar refractivity (Wildman–Crippen MR) is 86.2 cm³/mol. The highest BCUT2D eigenvalue weighted by atomic mass is 16.5. The van der Waals surface area contributed by atoms with E-state index in [-0.39, 0.29) is 17.9 Å². The molecule has 6 nitrogen and oxygen atoms in total. The lowest BCUT2D eigenvalue weighted by atomic mass is 10.1. The van der Waals surface area contributed by atoms with Crippen LogP contribution in [0, 0.1) is 0 Å². The molecule has 3 aromatic rings. The van der Waals surface area contributed by atoms with Gasteiger partial charge in [-0.3, -0.25) is 0 Å². The van der Waals surface area contributed by atoms with Gasteiger partial charge in [-0.15, -0.1) is 15.0 Å². The lowest BCUT2D eigenvalue weighted by Gasteiger charge is -2.08. The molecule has 0 amide bonds. The molecule has 1 aromatic heterocycles. The number of nitrogens with zero attached hydrogens (tertiary/aromatic N) is 3. The summed E-state index contributed by atoms with van der Waals surface area (Å²) in [7, 11) is 0. The SMILES string of the molecule is C=C(C(=O)OCC)c1ccc(O)c(-n2nc3ccccc3n2)c1. The molecular weight excluding hydrogens is 294 g/mol. The minimum absolute atomic E-state index is 0.00529. The van der Waals surface area contributed by atoms with Crippen LogP contribution in [-0.2, 0) is 9.53 Å². The Balaban J connectivity index is 2.04. The molecule has 3 rings (SSSR count). The highest BCUT2D eigenvalue weighted by molar-refractivity contribution is 6.15. The Labute approximate surface area is 132 Å². The van der Waals surface area contributed by atoms with Gasteiger partial charge < -0.3 is 9.84 Å². The lowest BCUT2D eigenvalue weighted by molar-refractivity contribution is -0.136. The molecule has 6 heteroatoms. The Morgan fingerprint density at radius 2 is 1.87 bits per heavy atom. The Morgan fingerprint density at radius 1 is 1.22 bits per heavy atom. The van der Waals surface area contributed by atoms with Crippen LogP contribution in [0.2, 0.25) is 0 Å². The summed E-state index contributed by atoms with van der Waals surface area (Å²) in [6, 6.07) is 12.1. The first-order valence-electron chi connectivity index (χ1n) is 7.12. The van der Waals surface area contributed by atoms with E-state index in [1.807, 2.05) is 24.3 Å². The first-order chi connectivity index (χ1) is 11.1. The van der Waals surface area contributed by atoms with Crippen molar-refractivity contribution in [2.45, 2.75) is 6.92 Å². The molecule has 0 unspecified atom stereocenters. The number of hydrogen-bond donors (Lipinski definition) is 1. The van der Waals surface area contributed by atoms with E-state index < -0.39 is 5.97 Å². The van der Waals surface area contributed by atoms with Gasteiger partial charge in [0.1, 0.15) is 22.5 Å². The summed E-state index contributed by atoms with van der Waals surface area (Å²) in [4.78, 5) is 13.1. The highest BCUT2D eigenvalue weighted by Crippen LogP contribution is 2.26. The van der Waals surface area contributed by atoms with Gasteiger partial charge in [-0.25, -0.2) is 4.79 Å². The number of carbonyl (C=O) groups excluding carboxylic acids is 1. The van der Waals surface area contributed by atoms with Crippen molar-refractivity contribution in [3.63, 3.8) is 0 Å². The van der Waals surface area contributed by atoms with Gasteiger partial charge >= 0.3 is 5.97 Å². The van der Waals surface area contributed by atoms with Gasteiger partial charge in [0.15, 0.2) is 0 Å². The molecule has 1 N–H and O–H groups in total. The molecule has 0 fully saturated rings. The largest absolute Gasteiger partial charge is 0.506 e. The zero-order chi connectivity index (χ0) is 16.4. The number of phenolic OH excluding ortho intramolecular Hbond substituents is 1. The molecule has 0 aliphatic carbocycles. The third-order valence-electron chi connectivity index (χ3n) is 3.35. The Kier molecular flexibility index (Phi) is 3.80. The van der Waals surface area contributed by atoms with E-state index in [2.05, 4.69) is 16.8 Å². The average molecular weight is 309 g/mol. The van der Waals surface area contributed by atoms with E-state index in [4.69, 9.17) is 4.74 Å². The fourth-order valence-electron chi connectivity index (χ4n) is 2.17. The first kappa shape index (κ1) is 14.8. The van der Waals surface area contributed by atoms with E-state index in [1.54, 1.807) is 19.1 Å². The van der Waals surface area contributed by atoms with Crippen LogP contribution in [0.5, 0.6) is 5.75 Å². The standard InChI is InChI=1S/C17H15N3O3/c1-3-23-17(22)11(2)12-8-9-16(21)15(10-12)20-18-13-6-4-5-7-14(13)19-20/h4-10,21H,2-3H2,1H3. The molecule has 0 saturated heterocycles. The summed E-state index contributed by atoms with van der Waals surface area (Å²) in [5, 5.41) is 18.7. The van der Waals surface area contributed by atoms with Crippen molar-refractivity contribution >= 4 is 22.6 Å². The first-order valence-corrected chi connectivity index (χ1v) is 7.12. The molecule has 0 aliphatic rings. The van der Waals surface area contributed by atoms with E-state index in [9.17, 15) is 9.90 Å². The van der Waals surface area contributed by atoms with Crippen LogP contribution in [0.3, 0.4) is 0 Å². The van der Waals surface area contributed by atoms with E-state index >= 15 is 0 Å². The summed E-state index contributed by atoms with van der Waals surface area (Å²) in [6.07, 6.45) is 0. The Hall–Kier alpha value is -3.15. The zero-order valence-corrected chi connectivity index (χ0v) is 12.6. The predicted octanol–water partition coefficient (Wildman–Crippen LogP) is 2.70. The number of carbonyl (C=O) groups is 1. The molecule has 0 aliphatic heterocycles. The summed E-state index contributed by atoms with van der Waals surface area (Å²) in [6.45, 7) is 5.75. The minimum atomic E-state index is -0.497. The van der Waals surface area contributed by atoms with E-state index in [1.165, 1.54) is 10.9 Å². The van der Waals surface area contributed by atoms with Crippen molar-refractivity contribution < 1.29 is 14.6 Å². The van der Waals surface area contributed by atoms with Crippen LogP contribution in [0.4, 0.5) is 0 Å². The quantitative estimate of drug-likeness (QED) is 0.592. The second-order valence-electron chi connectivity index (χ2n) is 4.88. The van der Waals surface area contributed by atoms with Crippen molar-refractivity contribution in [1.82, 2.24) is 15.0 Å². The van der Waals surface area contributed by atoms with Crippen molar-refractivity contribution in [3.8, 4) is 11.4 Å². The maximum Gasteiger partial charge on any atom is 0.338 e. The van der Waals surface area contributed by atoms with E-state index in [0.29, 0.717) is 22.3 Å². The van der Waals surface area contributed by atoms with Crippen LogP contribution >= 0.6 is 0 Å². The maximum atomic E-state index is 11.8. The van der Waals surface area contributed by atoms with Gasteiger partial charge in [-0.05, 0) is 36.8 Å². The molecular formula is C17H15N3O3. The topological polar surface area (TPSA) is 77.2 Å². The van der Waals surface area contributed by atoms with Gasteiger partial charge in [0.25, 0.3) is 0 Å². The smallest absolute Gasteiger partial charge is 0.338 e. The summed E-state index contributed by atoms with van der Waals surface area (Å²) < 4.78 is 4.94. The monoisotopic (exact) mass is 309 g/mol. The number of esters is 1. The van der Waals surface area contributed by atoms with Crippen LogP contribution in [0.25, 0.3) is 22.3 Å². The fraction of sp³-hybridized carbons (Fsp3) is 0.118. The van der Waals surface area contributed by atoms with Gasteiger partial charge in [0.05, 0.1) is 12.2 Å². The molecule has 2 aromatic carbocycles. The zero-order valence-electron chi connectivity index (χ0n) is 12.6. The van der Waals surface area contributed by atoms with Gasteiger partial charge in [0.2, 0.25) is 0 Å². The summed E-state index contributed by atoms with van der Waals surface area (Å²) in [5.41, 5.74) is 2.54. The number of fused-ring (bicyclic) bond motifs is 1. The van der Waals surface area contributed by atoms with Gasteiger partial charge in [-0.1, -0.05) is 24.8 Å². The van der Waals surface area contributed by atoms with Crippen molar-refractivity contribution in [2.75, 3.05) is 6.61 Å². The van der Waals surface area contributed by atoms with Crippen LogP contribution in [-0.4, -0.2) is 32.7 Å². The third kappa shape index (κ3) is 2.78. The molecule has 0 spiro atoms. The number of aromatic nitrogens is 3. The number of phenols is 1. The lowest BCUT2D eigenvalue weighted by Crippen LogP contribution is -2.07. The second kappa shape index (κ2) is 5.92. The second-order valence-corrected chi connectivity index (χ2v) is 4.88. The summed E-state index contributed by atoms with van der Waals surface area (Å²) >= 11 is 0. The molecule has 0 bridgehead atoms. The number of benzene rings is 2. The van der Waals surface area contributed by atoms with Crippen LogP contribution in [0.15, 0.2) is 49.0 Å². The molecule has 0 saturated carbocycles. The van der Waals surface area contributed by atoms with Crippen molar-refractivity contribution in [3.05, 3.63) is 54.6 Å². The Bertz CT molecular complexity index is 866. The number of rotatable bonds is 4. The molecule has 116 valence electrons. The molecule has 23 heavy (non-hydrogen) atoms. The van der Waals surface area contributed by atoms with Crippen LogP contribution < -0.4 is 0 Å². The number of ether oxygens (including phenoxy) is 1. The normalized spacial score (nSPS) is 10.7. The van der Waals surface area contributed by atoms with Crippen molar-refractivity contribution in [1.29, 1.82) is 0 Å². The van der Waals surface area contributed by atoms with E-state index in [0.717, 1.165) is 0 Å². The fourth-order valence-corrected chi connectivity index (χ4v) is 2.17. The maximum absolute atomic E-state index is 11.8. The van der Waals surface area contributed by atoms with Crippen molar-refractivity contribution in [2.24, 2.45) is 0 Å². The Morgan fingerprint density at radius 3 is 2.48 bits per heavy atom. The number of aromatic hydroxyl groups is 1. The third-order valence-corrected chi connectivity index (χ3v) is 3.35. The minimum Gasteiger partial charge on any atom is -0.506 e. The summed E-state index contributed by atoms with van der Waals surface area (Å²) in [5.74, 6) is -0.492. The molecule has 0 atom stereocenters. The average Bonchev–Trinajstić information content (AvgIpc) is 2.98. The molecule has 0 radical (unpaired) electrons. The highest BCUT2D eigenvalue weighted by Gasteiger charge is 2.15. The number of hydrogen-bond acceptors (Lipinski definition) is 5. The molecule has 1 heterocycles.